The summed E-state index contributed by atoms with van der Waals surface area (Å²) in [4.78, 5) is 12.0. The third-order valence-electron chi connectivity index (χ3n) is 3.91. The fourth-order valence-electron chi connectivity index (χ4n) is 2.82. The monoisotopic (exact) mass is 356 g/mol. The van der Waals surface area contributed by atoms with E-state index >= 15 is 0 Å². The number of aliphatic carboxylic acids is 1. The van der Waals surface area contributed by atoms with Crippen LogP contribution in [0.4, 0.5) is 0 Å². The van der Waals surface area contributed by atoms with E-state index in [0.717, 1.165) is 26.1 Å². The second-order valence-electron chi connectivity index (χ2n) is 5.43. The molecule has 0 spiro atoms. The first kappa shape index (κ1) is 16.2. The lowest BCUT2D eigenvalue weighted by molar-refractivity contribution is -0.140. The summed E-state index contributed by atoms with van der Waals surface area (Å²) >= 11 is 1.10. The molecule has 7 nitrogen and oxygen atoms in total. The Morgan fingerprint density at radius 1 is 1.43 bits per heavy atom. The predicted molar refractivity (Wildman–Crippen MR) is 83.8 cm³/mol. The van der Waals surface area contributed by atoms with Crippen molar-refractivity contribution in [1.29, 1.82) is 0 Å². The van der Waals surface area contributed by atoms with Gasteiger partial charge in [0.1, 0.15) is 16.0 Å². The lowest BCUT2D eigenvalue weighted by Crippen LogP contribution is -2.40. The molecule has 3 heterocycles. The molecule has 0 saturated carbocycles. The summed E-state index contributed by atoms with van der Waals surface area (Å²) in [5, 5.41) is 13.1. The molecule has 1 fully saturated rings. The number of aryl methyl sites for hydroxylation is 2. The molecule has 1 aliphatic heterocycles. The Morgan fingerprint density at radius 3 is 2.78 bits per heavy atom. The first-order chi connectivity index (χ1) is 10.8. The average Bonchev–Trinajstić information content (AvgIpc) is 3.18. The van der Waals surface area contributed by atoms with Crippen molar-refractivity contribution in [3.63, 3.8) is 0 Å². The third-order valence-corrected chi connectivity index (χ3v) is 7.39. The highest BCUT2D eigenvalue weighted by Crippen LogP contribution is 2.37. The van der Waals surface area contributed by atoms with Gasteiger partial charge in [0, 0.05) is 11.4 Å². The number of thiophene rings is 1. The van der Waals surface area contributed by atoms with Crippen molar-refractivity contribution < 1.29 is 22.8 Å². The zero-order valence-corrected chi connectivity index (χ0v) is 14.3. The molecule has 0 amide bonds. The number of aromatic nitrogens is 1. The van der Waals surface area contributed by atoms with Gasteiger partial charge in [-0.1, -0.05) is 5.16 Å². The van der Waals surface area contributed by atoms with Gasteiger partial charge in [0.15, 0.2) is 0 Å². The number of hydrogen-bond acceptors (Lipinski definition) is 6. The first-order valence-corrected chi connectivity index (χ1v) is 9.35. The minimum absolute atomic E-state index is 0.139. The maximum absolute atomic E-state index is 12.7. The van der Waals surface area contributed by atoms with E-state index in [1.165, 1.54) is 6.07 Å². The highest BCUT2D eigenvalue weighted by molar-refractivity contribution is 7.91. The zero-order chi connectivity index (χ0) is 16.8. The van der Waals surface area contributed by atoms with Gasteiger partial charge in [0.2, 0.25) is 0 Å². The summed E-state index contributed by atoms with van der Waals surface area (Å²) < 4.78 is 31.8. The Balaban J connectivity index is 1.98. The minimum atomic E-state index is -3.81. The highest BCUT2D eigenvalue weighted by atomic mass is 32.2. The Bertz CT molecular complexity index is 833. The standard InChI is InChI=1S/C14H16N2O5S2/c1-8-13(9(2)21-15-8)11-5-6-12(22-11)23(19,20)16-7-3-4-10(16)14(17)18/h5-6,10H,3-4,7H2,1-2H3,(H,17,18)/t10-/m0/s1. The van der Waals surface area contributed by atoms with Crippen molar-refractivity contribution in [2.75, 3.05) is 6.54 Å². The maximum atomic E-state index is 12.7. The van der Waals surface area contributed by atoms with Gasteiger partial charge >= 0.3 is 5.97 Å². The van der Waals surface area contributed by atoms with Gasteiger partial charge in [-0.15, -0.1) is 11.3 Å². The second kappa shape index (κ2) is 5.73. The van der Waals surface area contributed by atoms with Crippen molar-refractivity contribution in [1.82, 2.24) is 9.46 Å². The van der Waals surface area contributed by atoms with Crippen molar-refractivity contribution in [3.8, 4) is 10.4 Å². The molecule has 124 valence electrons. The van der Waals surface area contributed by atoms with Crippen LogP contribution in [0.2, 0.25) is 0 Å². The van der Waals surface area contributed by atoms with Gasteiger partial charge in [0.05, 0.1) is 11.3 Å². The summed E-state index contributed by atoms with van der Waals surface area (Å²) in [5.41, 5.74) is 1.48. The summed E-state index contributed by atoms with van der Waals surface area (Å²) in [6, 6.07) is 2.23. The molecule has 0 bridgehead atoms. The Kier molecular flexibility index (Phi) is 4.03. The van der Waals surface area contributed by atoms with Crippen molar-refractivity contribution >= 4 is 27.3 Å². The second-order valence-corrected chi connectivity index (χ2v) is 8.63. The molecule has 0 unspecified atom stereocenters. The largest absolute Gasteiger partial charge is 0.480 e. The van der Waals surface area contributed by atoms with Crippen molar-refractivity contribution in [2.24, 2.45) is 0 Å². The van der Waals surface area contributed by atoms with Gasteiger partial charge in [-0.3, -0.25) is 4.79 Å². The van der Waals surface area contributed by atoms with Crippen LogP contribution in [-0.4, -0.2) is 41.5 Å². The Labute approximate surface area is 137 Å². The number of carboxylic acids is 1. The molecule has 23 heavy (non-hydrogen) atoms. The number of carbonyl (C=O) groups is 1. The Morgan fingerprint density at radius 2 is 2.17 bits per heavy atom. The van der Waals surface area contributed by atoms with E-state index in [9.17, 15) is 18.3 Å². The van der Waals surface area contributed by atoms with E-state index < -0.39 is 22.0 Å². The van der Waals surface area contributed by atoms with E-state index in [4.69, 9.17) is 4.52 Å². The molecule has 1 saturated heterocycles. The van der Waals surface area contributed by atoms with E-state index in [0.29, 0.717) is 24.3 Å². The Hall–Kier alpha value is -1.71. The van der Waals surface area contributed by atoms with Crippen LogP contribution >= 0.6 is 11.3 Å². The molecule has 1 N–H and O–H groups in total. The van der Waals surface area contributed by atoms with Crippen molar-refractivity contribution in [3.05, 3.63) is 23.6 Å². The van der Waals surface area contributed by atoms with Gasteiger partial charge in [-0.05, 0) is 38.8 Å². The predicted octanol–water partition coefficient (Wildman–Crippen LogP) is 2.26. The van der Waals surface area contributed by atoms with Gasteiger partial charge in [-0.2, -0.15) is 4.31 Å². The summed E-state index contributed by atoms with van der Waals surface area (Å²) in [6.07, 6.45) is 0.898. The molecule has 3 rings (SSSR count). The van der Waals surface area contributed by atoms with Crippen LogP contribution in [0, 0.1) is 13.8 Å². The number of hydrogen-bond donors (Lipinski definition) is 1. The van der Waals surface area contributed by atoms with Crippen LogP contribution in [0.15, 0.2) is 20.9 Å². The molecule has 1 aliphatic rings. The molecule has 2 aromatic heterocycles. The lowest BCUT2D eigenvalue weighted by atomic mass is 10.2. The van der Waals surface area contributed by atoms with Crippen LogP contribution in [0.3, 0.4) is 0 Å². The average molecular weight is 356 g/mol. The summed E-state index contributed by atoms with van der Waals surface area (Å²) in [7, 11) is -3.81. The van der Waals surface area contributed by atoms with Crippen LogP contribution in [0.25, 0.3) is 10.4 Å². The smallest absolute Gasteiger partial charge is 0.322 e. The van der Waals surface area contributed by atoms with E-state index in [1.807, 2.05) is 0 Å². The number of carboxylic acid groups (broad SMARTS) is 1. The van der Waals surface area contributed by atoms with Crippen LogP contribution in [-0.2, 0) is 14.8 Å². The lowest BCUT2D eigenvalue weighted by Gasteiger charge is -2.19. The third kappa shape index (κ3) is 2.68. The van der Waals surface area contributed by atoms with Crippen molar-refractivity contribution in [2.45, 2.75) is 36.9 Å². The summed E-state index contributed by atoms with van der Waals surface area (Å²) in [6.45, 7) is 3.79. The number of rotatable bonds is 4. The molecule has 1 atom stereocenters. The molecular weight excluding hydrogens is 340 g/mol. The van der Waals surface area contributed by atoms with Gasteiger partial charge in [0.25, 0.3) is 10.0 Å². The fraction of sp³-hybridized carbons (Fsp3) is 0.429. The fourth-order valence-corrected chi connectivity index (χ4v) is 6.05. The summed E-state index contributed by atoms with van der Waals surface area (Å²) in [5.74, 6) is -0.480. The highest BCUT2D eigenvalue weighted by Gasteiger charge is 2.40. The quantitative estimate of drug-likeness (QED) is 0.902. The zero-order valence-electron chi connectivity index (χ0n) is 12.6. The van der Waals surface area contributed by atoms with Crippen LogP contribution < -0.4 is 0 Å². The van der Waals surface area contributed by atoms with E-state index in [2.05, 4.69) is 5.16 Å². The first-order valence-electron chi connectivity index (χ1n) is 7.10. The molecule has 0 aromatic carbocycles. The normalized spacial score (nSPS) is 19.3. The molecule has 0 radical (unpaired) electrons. The number of nitrogens with zero attached hydrogens (tertiary/aromatic N) is 2. The van der Waals surface area contributed by atoms with Crippen LogP contribution in [0.5, 0.6) is 0 Å². The molecule has 9 heteroatoms. The van der Waals surface area contributed by atoms with E-state index in [1.54, 1.807) is 19.9 Å². The number of sulfonamides is 1. The topological polar surface area (TPSA) is 101 Å². The minimum Gasteiger partial charge on any atom is -0.480 e. The molecule has 2 aromatic rings. The van der Waals surface area contributed by atoms with Gasteiger partial charge < -0.3 is 9.63 Å². The SMILES string of the molecule is Cc1noc(C)c1-c1ccc(S(=O)(=O)N2CCC[C@H]2C(=O)O)s1. The van der Waals surface area contributed by atoms with Gasteiger partial charge in [-0.25, -0.2) is 8.42 Å². The molecule has 0 aliphatic carbocycles. The van der Waals surface area contributed by atoms with E-state index in [-0.39, 0.29) is 10.8 Å². The molecular formula is C14H16N2O5S2. The van der Waals surface area contributed by atoms with Crippen LogP contribution in [0.1, 0.15) is 24.3 Å². The maximum Gasteiger partial charge on any atom is 0.322 e.